The highest BCUT2D eigenvalue weighted by Crippen LogP contribution is 2.30. The van der Waals surface area contributed by atoms with Crippen molar-refractivity contribution in [2.75, 3.05) is 41.8 Å². The summed E-state index contributed by atoms with van der Waals surface area (Å²) in [5, 5.41) is 9.11. The number of halogens is 3. The van der Waals surface area contributed by atoms with Crippen LogP contribution in [0.25, 0.3) is 16.9 Å². The summed E-state index contributed by atoms with van der Waals surface area (Å²) in [7, 11) is 0. The molecule has 3 N–H and O–H groups in total. The summed E-state index contributed by atoms with van der Waals surface area (Å²) in [4.78, 5) is 28.1. The molecule has 2 aromatic carbocycles. The molecule has 3 heterocycles. The maximum absolute atomic E-state index is 14.1. The highest BCUT2D eigenvalue weighted by molar-refractivity contribution is 5.89. The van der Waals surface area contributed by atoms with Gasteiger partial charge in [0.05, 0.1) is 24.2 Å². The Labute approximate surface area is 240 Å². The minimum Gasteiger partial charge on any atom is -0.378 e. The first-order chi connectivity index (χ1) is 20.4. The maximum Gasteiger partial charge on any atom is 0.319 e. The van der Waals surface area contributed by atoms with Crippen molar-refractivity contribution in [2.45, 2.75) is 44.2 Å². The predicted octanol–water partition coefficient (Wildman–Crippen LogP) is 5.27. The lowest BCUT2D eigenvalue weighted by atomic mass is 9.91. The van der Waals surface area contributed by atoms with Crippen LogP contribution >= 0.6 is 0 Å². The van der Waals surface area contributed by atoms with Gasteiger partial charge in [0.2, 0.25) is 5.95 Å². The number of para-hydroxylation sites is 2. The van der Waals surface area contributed by atoms with E-state index in [0.29, 0.717) is 60.6 Å². The third-order valence-corrected chi connectivity index (χ3v) is 7.54. The molecule has 1 saturated carbocycles. The molecule has 0 atom stereocenters. The number of morpholine rings is 1. The Morgan fingerprint density at radius 1 is 0.905 bits per heavy atom. The van der Waals surface area contributed by atoms with Crippen LogP contribution in [0, 0.1) is 5.82 Å². The molecule has 13 heteroatoms. The van der Waals surface area contributed by atoms with Crippen molar-refractivity contribution in [3.05, 3.63) is 66.2 Å². The molecule has 0 bridgehead atoms. The molecule has 10 nitrogen and oxygen atoms in total. The number of aromatic nitrogens is 4. The van der Waals surface area contributed by atoms with Gasteiger partial charge >= 0.3 is 6.03 Å². The summed E-state index contributed by atoms with van der Waals surface area (Å²) in [5.74, 6) is 0.533. The number of fused-ring (bicyclic) bond motifs is 1. The predicted molar refractivity (Wildman–Crippen MR) is 153 cm³/mol. The Balaban J connectivity index is 1.19. The Kier molecular flexibility index (Phi) is 8.08. The Hall–Kier alpha value is -4.39. The molecule has 1 aliphatic heterocycles. The van der Waals surface area contributed by atoms with Gasteiger partial charge in [0.25, 0.3) is 6.43 Å². The molecule has 1 aliphatic carbocycles. The first-order valence-electron chi connectivity index (χ1n) is 14.0. The minimum atomic E-state index is -2.79. The van der Waals surface area contributed by atoms with E-state index in [4.69, 9.17) is 9.72 Å². The first kappa shape index (κ1) is 27.8. The van der Waals surface area contributed by atoms with Gasteiger partial charge in [0, 0.05) is 36.9 Å². The summed E-state index contributed by atoms with van der Waals surface area (Å²) in [6, 6.07) is 14.0. The monoisotopic (exact) mass is 580 g/mol. The van der Waals surface area contributed by atoms with Crippen molar-refractivity contribution < 1.29 is 22.7 Å². The average Bonchev–Trinajstić information content (AvgIpc) is 3.40. The molecule has 220 valence electrons. The number of imidazole rings is 1. The van der Waals surface area contributed by atoms with E-state index in [1.54, 1.807) is 30.3 Å². The number of anilines is 3. The summed E-state index contributed by atoms with van der Waals surface area (Å²) in [6.45, 7) is 2.34. The number of alkyl halides is 2. The zero-order valence-corrected chi connectivity index (χ0v) is 22.8. The van der Waals surface area contributed by atoms with Gasteiger partial charge in [-0.05, 0) is 62.1 Å². The van der Waals surface area contributed by atoms with Crippen LogP contribution in [-0.4, -0.2) is 63.9 Å². The number of nitrogens with zero attached hydrogens (tertiary/aromatic N) is 5. The number of amides is 2. The number of hydrogen-bond donors (Lipinski definition) is 3. The fourth-order valence-electron chi connectivity index (χ4n) is 5.44. The van der Waals surface area contributed by atoms with E-state index < -0.39 is 6.43 Å². The van der Waals surface area contributed by atoms with Crippen molar-refractivity contribution in [3.63, 3.8) is 0 Å². The quantitative estimate of drug-likeness (QED) is 0.273. The van der Waals surface area contributed by atoms with Gasteiger partial charge in [-0.15, -0.1) is 0 Å². The molecule has 2 aromatic heterocycles. The lowest BCUT2D eigenvalue weighted by Gasteiger charge is -2.31. The van der Waals surface area contributed by atoms with Crippen LogP contribution in [0.3, 0.4) is 0 Å². The number of nitrogens with one attached hydrogen (secondary N) is 3. The van der Waals surface area contributed by atoms with Crippen molar-refractivity contribution in [1.29, 1.82) is 0 Å². The van der Waals surface area contributed by atoms with Crippen LogP contribution in [0.5, 0.6) is 0 Å². The summed E-state index contributed by atoms with van der Waals surface area (Å²) >= 11 is 0. The Morgan fingerprint density at radius 2 is 1.60 bits per heavy atom. The lowest BCUT2D eigenvalue weighted by molar-refractivity contribution is 0.122. The number of carbonyl (C=O) groups is 1. The summed E-state index contributed by atoms with van der Waals surface area (Å²) in [5.41, 5.74) is 1.51. The van der Waals surface area contributed by atoms with Crippen LogP contribution in [0.15, 0.2) is 54.6 Å². The average molecular weight is 581 g/mol. The molecule has 2 aliphatic rings. The number of hydrogen-bond acceptors (Lipinski definition) is 7. The van der Waals surface area contributed by atoms with E-state index in [1.807, 2.05) is 0 Å². The van der Waals surface area contributed by atoms with Crippen LogP contribution in [-0.2, 0) is 4.74 Å². The fraction of sp³-hybridized carbons (Fsp3) is 0.379. The van der Waals surface area contributed by atoms with Crippen LogP contribution in [0.2, 0.25) is 0 Å². The molecule has 2 fully saturated rings. The second-order valence-electron chi connectivity index (χ2n) is 10.4. The smallest absolute Gasteiger partial charge is 0.319 e. The zero-order valence-electron chi connectivity index (χ0n) is 22.8. The van der Waals surface area contributed by atoms with E-state index in [0.717, 1.165) is 25.7 Å². The van der Waals surface area contributed by atoms with E-state index in [9.17, 15) is 18.0 Å². The lowest BCUT2D eigenvalue weighted by Crippen LogP contribution is -2.42. The van der Waals surface area contributed by atoms with Crippen molar-refractivity contribution in [2.24, 2.45) is 0 Å². The SMILES string of the molecule is O=C(Nc1ccc(F)cc1)NC1CCC(Nc2nc(N3CCOCC3)cc(-n3c(C(F)F)nc4ccccc43)n2)CC1. The van der Waals surface area contributed by atoms with Gasteiger partial charge in [-0.2, -0.15) is 9.97 Å². The van der Waals surface area contributed by atoms with Crippen molar-refractivity contribution in [3.8, 4) is 5.82 Å². The number of urea groups is 1. The third-order valence-electron chi connectivity index (χ3n) is 7.54. The zero-order chi connectivity index (χ0) is 29.1. The van der Waals surface area contributed by atoms with Gasteiger partial charge in [-0.1, -0.05) is 12.1 Å². The Bertz CT molecular complexity index is 1530. The molecule has 1 saturated heterocycles. The van der Waals surface area contributed by atoms with E-state index >= 15 is 0 Å². The first-order valence-corrected chi connectivity index (χ1v) is 14.0. The molecule has 0 radical (unpaired) electrons. The summed E-state index contributed by atoms with van der Waals surface area (Å²) < 4.78 is 48.3. The van der Waals surface area contributed by atoms with E-state index in [-0.39, 0.29) is 29.8 Å². The second-order valence-corrected chi connectivity index (χ2v) is 10.4. The Morgan fingerprint density at radius 3 is 2.33 bits per heavy atom. The number of ether oxygens (including phenoxy) is 1. The van der Waals surface area contributed by atoms with Gasteiger partial charge in [-0.25, -0.2) is 22.9 Å². The largest absolute Gasteiger partial charge is 0.378 e. The summed E-state index contributed by atoms with van der Waals surface area (Å²) in [6.07, 6.45) is 0.160. The van der Waals surface area contributed by atoms with Gasteiger partial charge < -0.3 is 25.6 Å². The third kappa shape index (κ3) is 6.25. The molecule has 4 aromatic rings. The van der Waals surface area contributed by atoms with Crippen molar-refractivity contribution in [1.82, 2.24) is 24.8 Å². The van der Waals surface area contributed by atoms with Gasteiger partial charge in [-0.3, -0.25) is 4.57 Å². The number of benzene rings is 2. The van der Waals surface area contributed by atoms with Gasteiger partial charge in [0.1, 0.15) is 17.5 Å². The highest BCUT2D eigenvalue weighted by Gasteiger charge is 2.26. The molecule has 2 amide bonds. The van der Waals surface area contributed by atoms with Crippen molar-refractivity contribution >= 4 is 34.5 Å². The molecule has 42 heavy (non-hydrogen) atoms. The second kappa shape index (κ2) is 12.2. The van der Waals surface area contributed by atoms with Gasteiger partial charge in [0.15, 0.2) is 5.82 Å². The normalized spacial score (nSPS) is 19.2. The molecule has 0 unspecified atom stereocenters. The highest BCUT2D eigenvalue weighted by atomic mass is 19.3. The van der Waals surface area contributed by atoms with E-state index in [2.05, 4.69) is 30.8 Å². The molecule has 6 rings (SSSR count). The minimum absolute atomic E-state index is 0.0226. The molecular weight excluding hydrogens is 549 g/mol. The maximum atomic E-state index is 14.1. The van der Waals surface area contributed by atoms with Crippen LogP contribution in [0.1, 0.15) is 37.9 Å². The molecular formula is C29H31F3N8O2. The number of rotatable bonds is 7. The van der Waals surface area contributed by atoms with E-state index in [1.165, 1.54) is 28.8 Å². The fourth-order valence-corrected chi connectivity index (χ4v) is 5.44. The topological polar surface area (TPSA) is 109 Å². The number of carbonyl (C=O) groups excluding carboxylic acids is 1. The molecule has 0 spiro atoms. The van der Waals surface area contributed by atoms with Crippen LogP contribution < -0.4 is 20.9 Å². The van der Waals surface area contributed by atoms with Crippen LogP contribution in [0.4, 0.5) is 35.4 Å². The standard InChI is InChI=1S/C29H31F3N8O2/c30-18-5-7-20(8-6-18)34-29(41)35-21-11-9-19(10-12-21)33-28-37-24(39-13-15-42-16-14-39)17-25(38-28)40-23-4-2-1-3-22(23)36-27(40)26(31)32/h1-8,17,19,21,26H,9-16H2,(H,33,37,38)(H2,34,35,41).